The highest BCUT2D eigenvalue weighted by Crippen LogP contribution is 2.21. The summed E-state index contributed by atoms with van der Waals surface area (Å²) in [7, 11) is -4.10. The van der Waals surface area contributed by atoms with E-state index >= 15 is 0 Å². The number of halogens is 1. The molecule has 0 aliphatic rings. The van der Waals surface area contributed by atoms with E-state index in [4.69, 9.17) is 4.74 Å². The Morgan fingerprint density at radius 1 is 1.06 bits per heavy atom. The van der Waals surface area contributed by atoms with Gasteiger partial charge in [-0.15, -0.1) is 0 Å². The summed E-state index contributed by atoms with van der Waals surface area (Å²) in [6.07, 6.45) is 0. The van der Waals surface area contributed by atoms with E-state index in [-0.39, 0.29) is 24.7 Å². The maximum absolute atomic E-state index is 14.2. The molecule has 1 atom stereocenters. The Balaban J connectivity index is 2.06. The fraction of sp³-hybridized carbons (Fsp3) is 0.391. The Hall–Kier alpha value is -2.78. The Morgan fingerprint density at radius 2 is 1.72 bits per heavy atom. The van der Waals surface area contributed by atoms with Gasteiger partial charge in [-0.1, -0.05) is 32.0 Å². The van der Waals surface area contributed by atoms with Crippen LogP contribution in [0.25, 0.3) is 0 Å². The predicted molar refractivity (Wildman–Crippen MR) is 119 cm³/mol. The standard InChI is InChI=1S/C23H29FN2O5S/c1-6-26(7-2)32(29,30)21-13-19(10-11-20(21)24)23(28)31-14-22(27)25-17(5)18-9-8-15(3)16(4)12-18/h8-13,17H,6-7,14H2,1-5H3,(H,25,27). The second kappa shape index (κ2) is 10.7. The van der Waals surface area contributed by atoms with Gasteiger partial charge in [0.15, 0.2) is 6.61 Å². The van der Waals surface area contributed by atoms with Gasteiger partial charge in [-0.3, -0.25) is 4.79 Å². The maximum atomic E-state index is 14.2. The molecule has 2 aromatic carbocycles. The molecular weight excluding hydrogens is 435 g/mol. The van der Waals surface area contributed by atoms with Gasteiger partial charge in [0.1, 0.15) is 10.7 Å². The molecule has 2 rings (SSSR count). The molecule has 0 spiro atoms. The SMILES string of the molecule is CCN(CC)S(=O)(=O)c1cc(C(=O)OCC(=O)NC(C)c2ccc(C)c(C)c2)ccc1F. The molecule has 0 saturated carbocycles. The van der Waals surface area contributed by atoms with Gasteiger partial charge in [0.2, 0.25) is 10.0 Å². The third-order valence-electron chi connectivity index (χ3n) is 5.23. The lowest BCUT2D eigenvalue weighted by molar-refractivity contribution is -0.124. The summed E-state index contributed by atoms with van der Waals surface area (Å²) < 4.78 is 45.6. The summed E-state index contributed by atoms with van der Waals surface area (Å²) in [5.41, 5.74) is 2.99. The lowest BCUT2D eigenvalue weighted by atomic mass is 10.0. The van der Waals surface area contributed by atoms with Gasteiger partial charge < -0.3 is 10.1 Å². The lowest BCUT2D eigenvalue weighted by Gasteiger charge is -2.19. The number of amides is 1. The molecule has 0 aromatic heterocycles. The minimum atomic E-state index is -4.10. The van der Waals surface area contributed by atoms with Gasteiger partial charge in [-0.25, -0.2) is 17.6 Å². The van der Waals surface area contributed by atoms with Crippen LogP contribution >= 0.6 is 0 Å². The molecule has 0 aliphatic heterocycles. The summed E-state index contributed by atoms with van der Waals surface area (Å²) in [5, 5.41) is 2.75. The molecule has 0 heterocycles. The predicted octanol–water partition coefficient (Wildman–Crippen LogP) is 3.51. The molecule has 0 radical (unpaired) electrons. The number of carbonyl (C=O) groups excluding carboxylic acids is 2. The van der Waals surface area contributed by atoms with E-state index in [9.17, 15) is 22.4 Å². The number of benzene rings is 2. The van der Waals surface area contributed by atoms with Crippen molar-refractivity contribution in [1.29, 1.82) is 0 Å². The minimum absolute atomic E-state index is 0.159. The zero-order chi connectivity index (χ0) is 24.1. The largest absolute Gasteiger partial charge is 0.452 e. The number of nitrogens with zero attached hydrogens (tertiary/aromatic N) is 1. The average molecular weight is 465 g/mol. The van der Waals surface area contributed by atoms with E-state index < -0.39 is 39.2 Å². The summed E-state index contributed by atoms with van der Waals surface area (Å²) in [6.45, 7) is 8.82. The number of aryl methyl sites for hydroxylation is 2. The Morgan fingerprint density at radius 3 is 2.31 bits per heavy atom. The van der Waals surface area contributed by atoms with Crippen LogP contribution in [0.1, 0.15) is 53.9 Å². The lowest BCUT2D eigenvalue weighted by Crippen LogP contribution is -2.32. The van der Waals surface area contributed by atoms with Crippen LogP contribution in [0.15, 0.2) is 41.3 Å². The van der Waals surface area contributed by atoms with Crippen molar-refractivity contribution in [2.24, 2.45) is 0 Å². The van der Waals surface area contributed by atoms with Crippen LogP contribution in [0.5, 0.6) is 0 Å². The number of hydrogen-bond acceptors (Lipinski definition) is 5. The van der Waals surface area contributed by atoms with Crippen LogP contribution in [0.3, 0.4) is 0 Å². The molecule has 174 valence electrons. The molecule has 1 N–H and O–H groups in total. The smallest absolute Gasteiger partial charge is 0.338 e. The van der Waals surface area contributed by atoms with Crippen molar-refractivity contribution in [3.05, 3.63) is 64.5 Å². The number of ether oxygens (including phenoxy) is 1. The van der Waals surface area contributed by atoms with Crippen LogP contribution in [-0.4, -0.2) is 44.3 Å². The van der Waals surface area contributed by atoms with Gasteiger partial charge in [0, 0.05) is 13.1 Å². The fourth-order valence-corrected chi connectivity index (χ4v) is 4.69. The highest BCUT2D eigenvalue weighted by atomic mass is 32.2. The van der Waals surface area contributed by atoms with E-state index in [0.717, 1.165) is 39.2 Å². The summed E-state index contributed by atoms with van der Waals surface area (Å²) in [6, 6.07) is 8.51. The molecule has 9 heteroatoms. The summed E-state index contributed by atoms with van der Waals surface area (Å²) in [5.74, 6) is -2.40. The molecule has 0 saturated heterocycles. The van der Waals surface area contributed by atoms with E-state index in [1.165, 1.54) is 0 Å². The zero-order valence-corrected chi connectivity index (χ0v) is 19.8. The Kier molecular flexibility index (Phi) is 8.51. The van der Waals surface area contributed by atoms with E-state index in [1.54, 1.807) is 13.8 Å². The third kappa shape index (κ3) is 5.92. The molecule has 0 bridgehead atoms. The number of rotatable bonds is 9. The van der Waals surface area contributed by atoms with Gasteiger partial charge >= 0.3 is 5.97 Å². The monoisotopic (exact) mass is 464 g/mol. The first kappa shape index (κ1) is 25.5. The minimum Gasteiger partial charge on any atom is -0.452 e. The Bertz CT molecular complexity index is 1100. The van der Waals surface area contributed by atoms with Crippen molar-refractivity contribution in [2.75, 3.05) is 19.7 Å². The molecule has 0 fully saturated rings. The van der Waals surface area contributed by atoms with Gasteiger partial charge in [-0.05, 0) is 55.7 Å². The number of hydrogen-bond donors (Lipinski definition) is 1. The maximum Gasteiger partial charge on any atom is 0.338 e. The first-order valence-corrected chi connectivity index (χ1v) is 11.8. The Labute approximate surface area is 188 Å². The van der Waals surface area contributed by atoms with E-state index in [0.29, 0.717) is 0 Å². The molecule has 32 heavy (non-hydrogen) atoms. The van der Waals surface area contributed by atoms with Crippen LogP contribution in [0, 0.1) is 19.7 Å². The van der Waals surface area contributed by atoms with Crippen LogP contribution in [-0.2, 0) is 19.6 Å². The van der Waals surface area contributed by atoms with Crippen molar-refractivity contribution in [2.45, 2.75) is 45.6 Å². The molecule has 2 aromatic rings. The van der Waals surface area contributed by atoms with Crippen molar-refractivity contribution >= 4 is 21.9 Å². The van der Waals surface area contributed by atoms with Gasteiger partial charge in [0.25, 0.3) is 5.91 Å². The zero-order valence-electron chi connectivity index (χ0n) is 18.9. The molecule has 1 unspecified atom stereocenters. The van der Waals surface area contributed by atoms with Crippen molar-refractivity contribution in [1.82, 2.24) is 9.62 Å². The normalized spacial score (nSPS) is 12.5. The number of nitrogens with one attached hydrogen (secondary N) is 1. The summed E-state index contributed by atoms with van der Waals surface area (Å²) in [4.78, 5) is 24.0. The quantitative estimate of drug-likeness (QED) is 0.574. The molecule has 0 aliphatic carbocycles. The first-order valence-electron chi connectivity index (χ1n) is 10.3. The first-order chi connectivity index (χ1) is 15.0. The van der Waals surface area contributed by atoms with Crippen molar-refractivity contribution in [3.8, 4) is 0 Å². The number of carbonyl (C=O) groups is 2. The highest BCUT2D eigenvalue weighted by molar-refractivity contribution is 7.89. The van der Waals surface area contributed by atoms with Crippen molar-refractivity contribution in [3.63, 3.8) is 0 Å². The van der Waals surface area contributed by atoms with Crippen LogP contribution < -0.4 is 5.32 Å². The highest BCUT2D eigenvalue weighted by Gasteiger charge is 2.27. The molecule has 7 nitrogen and oxygen atoms in total. The van der Waals surface area contributed by atoms with Gasteiger partial charge in [-0.2, -0.15) is 4.31 Å². The van der Waals surface area contributed by atoms with Crippen LogP contribution in [0.2, 0.25) is 0 Å². The second-order valence-corrected chi connectivity index (χ2v) is 9.35. The number of esters is 1. The number of sulfonamides is 1. The topological polar surface area (TPSA) is 92.8 Å². The summed E-state index contributed by atoms with van der Waals surface area (Å²) >= 11 is 0. The fourth-order valence-electron chi connectivity index (χ4n) is 3.15. The van der Waals surface area contributed by atoms with E-state index in [1.807, 2.05) is 39.0 Å². The van der Waals surface area contributed by atoms with Crippen molar-refractivity contribution < 1.29 is 27.1 Å². The molecular formula is C23H29FN2O5S. The van der Waals surface area contributed by atoms with Gasteiger partial charge in [0.05, 0.1) is 11.6 Å². The van der Waals surface area contributed by atoms with E-state index in [2.05, 4.69) is 5.32 Å². The third-order valence-corrected chi connectivity index (χ3v) is 7.30. The van der Waals surface area contributed by atoms with Crippen LogP contribution in [0.4, 0.5) is 4.39 Å². The second-order valence-electron chi connectivity index (χ2n) is 7.44. The average Bonchev–Trinajstić information content (AvgIpc) is 2.74. The molecule has 1 amide bonds.